The molecule has 0 aliphatic rings. The Morgan fingerprint density at radius 3 is 2.28 bits per heavy atom. The maximum atomic E-state index is 12.9. The van der Waals surface area contributed by atoms with Gasteiger partial charge in [-0.3, -0.25) is 0 Å². The third-order valence-corrected chi connectivity index (χ3v) is 2.83. The molecular weight excluding hydrogens is 231 g/mol. The van der Waals surface area contributed by atoms with E-state index in [2.05, 4.69) is 5.32 Å². The lowest BCUT2D eigenvalue weighted by Crippen LogP contribution is -2.44. The topological polar surface area (TPSA) is 32.3 Å². The van der Waals surface area contributed by atoms with Gasteiger partial charge in [-0.1, -0.05) is 12.1 Å². The second-order valence-corrected chi connectivity index (χ2v) is 4.62. The van der Waals surface area contributed by atoms with E-state index in [-0.39, 0.29) is 23.9 Å². The van der Waals surface area contributed by atoms with Crippen molar-refractivity contribution in [2.24, 2.45) is 0 Å². The number of amides is 2. The highest BCUT2D eigenvalue weighted by atomic mass is 19.1. The minimum Gasteiger partial charge on any atom is -0.336 e. The highest BCUT2D eigenvalue weighted by Gasteiger charge is 2.20. The Hall–Kier alpha value is -1.58. The normalized spacial score (nSPS) is 12.3. The molecule has 1 aromatic carbocycles. The van der Waals surface area contributed by atoms with E-state index >= 15 is 0 Å². The van der Waals surface area contributed by atoms with Crippen molar-refractivity contribution >= 4 is 6.03 Å². The van der Waals surface area contributed by atoms with Crippen molar-refractivity contribution < 1.29 is 9.18 Å². The summed E-state index contributed by atoms with van der Waals surface area (Å²) in [5.74, 6) is -0.263. The molecule has 0 heterocycles. The van der Waals surface area contributed by atoms with Gasteiger partial charge in [0, 0.05) is 12.6 Å². The highest BCUT2D eigenvalue weighted by Crippen LogP contribution is 2.20. The van der Waals surface area contributed by atoms with Crippen LogP contribution in [0, 0.1) is 5.82 Å². The zero-order valence-electron chi connectivity index (χ0n) is 11.4. The molecule has 0 aromatic heterocycles. The first kappa shape index (κ1) is 14.5. The molecule has 1 N–H and O–H groups in total. The van der Waals surface area contributed by atoms with E-state index in [4.69, 9.17) is 0 Å². The maximum Gasteiger partial charge on any atom is 0.318 e. The summed E-state index contributed by atoms with van der Waals surface area (Å²) in [7, 11) is 0. The number of hydrogen-bond acceptors (Lipinski definition) is 1. The Balaban J connectivity index is 2.81. The average molecular weight is 252 g/mol. The minimum absolute atomic E-state index is 0.0747. The first-order valence-electron chi connectivity index (χ1n) is 6.28. The first-order chi connectivity index (χ1) is 8.45. The van der Waals surface area contributed by atoms with Crippen LogP contribution in [-0.4, -0.2) is 23.5 Å². The second kappa shape index (κ2) is 6.38. The van der Waals surface area contributed by atoms with Crippen molar-refractivity contribution in [3.63, 3.8) is 0 Å². The van der Waals surface area contributed by atoms with Crippen LogP contribution in [0.5, 0.6) is 0 Å². The van der Waals surface area contributed by atoms with Gasteiger partial charge in [-0.25, -0.2) is 9.18 Å². The molecule has 1 rings (SSSR count). The molecule has 3 nitrogen and oxygen atoms in total. The van der Waals surface area contributed by atoms with Crippen LogP contribution in [0.4, 0.5) is 9.18 Å². The van der Waals surface area contributed by atoms with Crippen LogP contribution in [0.15, 0.2) is 24.3 Å². The number of urea groups is 1. The summed E-state index contributed by atoms with van der Waals surface area (Å²) >= 11 is 0. The van der Waals surface area contributed by atoms with Gasteiger partial charge in [0.1, 0.15) is 5.82 Å². The molecule has 0 saturated heterocycles. The lowest BCUT2D eigenvalue weighted by atomic mass is 10.1. The number of nitrogens with one attached hydrogen (secondary N) is 1. The molecule has 100 valence electrons. The van der Waals surface area contributed by atoms with Crippen molar-refractivity contribution in [2.45, 2.75) is 39.8 Å². The van der Waals surface area contributed by atoms with E-state index in [1.165, 1.54) is 12.1 Å². The lowest BCUT2D eigenvalue weighted by molar-refractivity contribution is 0.180. The van der Waals surface area contributed by atoms with E-state index in [9.17, 15) is 9.18 Å². The molecular formula is C14H21FN2O. The summed E-state index contributed by atoms with van der Waals surface area (Å²) < 4.78 is 12.9. The number of carbonyl (C=O) groups excluding carboxylic acids is 1. The van der Waals surface area contributed by atoms with Gasteiger partial charge < -0.3 is 10.2 Å². The molecule has 2 amide bonds. The molecule has 4 heteroatoms. The van der Waals surface area contributed by atoms with Crippen molar-refractivity contribution in [1.82, 2.24) is 10.2 Å². The van der Waals surface area contributed by atoms with Crippen molar-refractivity contribution in [3.05, 3.63) is 35.6 Å². The Bertz CT molecular complexity index is 389. The minimum atomic E-state index is -0.263. The molecule has 0 fully saturated rings. The number of hydrogen-bond donors (Lipinski definition) is 1. The van der Waals surface area contributed by atoms with E-state index < -0.39 is 0 Å². The summed E-state index contributed by atoms with van der Waals surface area (Å²) in [6.45, 7) is 8.33. The molecule has 0 bridgehead atoms. The van der Waals surface area contributed by atoms with E-state index in [1.807, 2.05) is 27.7 Å². The Labute approximate surface area is 108 Å². The van der Waals surface area contributed by atoms with Crippen LogP contribution >= 0.6 is 0 Å². The van der Waals surface area contributed by atoms with E-state index in [1.54, 1.807) is 17.0 Å². The summed E-state index contributed by atoms with van der Waals surface area (Å²) in [4.78, 5) is 13.7. The first-order valence-corrected chi connectivity index (χ1v) is 6.28. The van der Waals surface area contributed by atoms with E-state index in [0.717, 1.165) is 5.56 Å². The zero-order valence-corrected chi connectivity index (χ0v) is 11.4. The Kier molecular flexibility index (Phi) is 5.13. The van der Waals surface area contributed by atoms with Gasteiger partial charge in [0.2, 0.25) is 0 Å². The Morgan fingerprint density at radius 1 is 1.28 bits per heavy atom. The number of benzene rings is 1. The van der Waals surface area contributed by atoms with Gasteiger partial charge >= 0.3 is 6.03 Å². The molecule has 0 radical (unpaired) electrons. The smallest absolute Gasteiger partial charge is 0.318 e. The molecule has 0 unspecified atom stereocenters. The maximum absolute atomic E-state index is 12.9. The third kappa shape index (κ3) is 3.72. The molecule has 0 aliphatic carbocycles. The van der Waals surface area contributed by atoms with Gasteiger partial charge in [0.15, 0.2) is 0 Å². The molecule has 1 aromatic rings. The monoisotopic (exact) mass is 252 g/mol. The summed E-state index contributed by atoms with van der Waals surface area (Å²) in [5.41, 5.74) is 0.928. The average Bonchev–Trinajstić information content (AvgIpc) is 2.29. The fourth-order valence-corrected chi connectivity index (χ4v) is 1.84. The number of halogens is 1. The van der Waals surface area contributed by atoms with Crippen LogP contribution in [0.3, 0.4) is 0 Å². The standard InChI is InChI=1S/C14H21FN2O/c1-5-17(14(18)16-10(2)3)11(4)12-6-8-13(15)9-7-12/h6-11H,5H2,1-4H3,(H,16,18)/t11-/m1/s1. The highest BCUT2D eigenvalue weighted by molar-refractivity contribution is 5.75. The fraction of sp³-hybridized carbons (Fsp3) is 0.500. The van der Waals surface area contributed by atoms with Gasteiger partial charge in [0.25, 0.3) is 0 Å². The molecule has 18 heavy (non-hydrogen) atoms. The van der Waals surface area contributed by atoms with Crippen LogP contribution in [-0.2, 0) is 0 Å². The SMILES string of the molecule is CCN(C(=O)NC(C)C)[C@H](C)c1ccc(F)cc1. The van der Waals surface area contributed by atoms with Crippen molar-refractivity contribution in [1.29, 1.82) is 0 Å². The largest absolute Gasteiger partial charge is 0.336 e. The van der Waals surface area contributed by atoms with Crippen LogP contribution < -0.4 is 5.32 Å². The van der Waals surface area contributed by atoms with Crippen molar-refractivity contribution in [3.8, 4) is 0 Å². The number of rotatable bonds is 4. The van der Waals surface area contributed by atoms with Crippen LogP contribution in [0.25, 0.3) is 0 Å². The summed E-state index contributed by atoms with van der Waals surface area (Å²) in [6.07, 6.45) is 0. The zero-order chi connectivity index (χ0) is 13.7. The van der Waals surface area contributed by atoms with E-state index in [0.29, 0.717) is 6.54 Å². The second-order valence-electron chi connectivity index (χ2n) is 4.62. The summed E-state index contributed by atoms with van der Waals surface area (Å²) in [6, 6.07) is 6.20. The molecule has 0 saturated carbocycles. The predicted octanol–water partition coefficient (Wildman–Crippen LogP) is 3.33. The van der Waals surface area contributed by atoms with Gasteiger partial charge in [-0.15, -0.1) is 0 Å². The molecule has 1 atom stereocenters. The van der Waals surface area contributed by atoms with Gasteiger partial charge in [-0.05, 0) is 45.4 Å². The van der Waals surface area contributed by atoms with Gasteiger partial charge in [-0.2, -0.15) is 0 Å². The molecule has 0 aliphatic heterocycles. The predicted molar refractivity (Wildman–Crippen MR) is 70.9 cm³/mol. The molecule has 0 spiro atoms. The number of nitrogens with zero attached hydrogens (tertiary/aromatic N) is 1. The van der Waals surface area contributed by atoms with Crippen molar-refractivity contribution in [2.75, 3.05) is 6.54 Å². The van der Waals surface area contributed by atoms with Crippen LogP contribution in [0.2, 0.25) is 0 Å². The lowest BCUT2D eigenvalue weighted by Gasteiger charge is -2.29. The van der Waals surface area contributed by atoms with Crippen LogP contribution in [0.1, 0.15) is 39.3 Å². The quantitative estimate of drug-likeness (QED) is 0.876. The number of carbonyl (C=O) groups is 1. The fourth-order valence-electron chi connectivity index (χ4n) is 1.84. The summed E-state index contributed by atoms with van der Waals surface area (Å²) in [5, 5.41) is 2.87. The third-order valence-electron chi connectivity index (χ3n) is 2.83. The van der Waals surface area contributed by atoms with Gasteiger partial charge in [0.05, 0.1) is 6.04 Å². The Morgan fingerprint density at radius 2 is 1.83 bits per heavy atom.